The number of para-hydroxylation sites is 2. The summed E-state index contributed by atoms with van der Waals surface area (Å²) in [6.07, 6.45) is 12.4. The van der Waals surface area contributed by atoms with E-state index in [1.807, 2.05) is 48.6 Å². The van der Waals surface area contributed by atoms with Gasteiger partial charge in [-0.3, -0.25) is 0 Å². The smallest absolute Gasteiger partial charge is 0.124 e. The fraction of sp³-hybridized carbons (Fsp3) is 0.0833. The minimum absolute atomic E-state index is 0.0189. The highest BCUT2D eigenvalue weighted by Crippen LogP contribution is 2.35. The van der Waals surface area contributed by atoms with Crippen LogP contribution >= 0.6 is 0 Å². The average molecular weight is 368 g/mol. The Balaban J connectivity index is 1.48. The predicted octanol–water partition coefficient (Wildman–Crippen LogP) is 3.85. The van der Waals surface area contributed by atoms with Crippen LogP contribution in [-0.2, 0) is 0 Å². The van der Waals surface area contributed by atoms with Crippen molar-refractivity contribution in [3.05, 3.63) is 107 Å². The van der Waals surface area contributed by atoms with Crippen LogP contribution in [0.3, 0.4) is 0 Å². The largest absolute Gasteiger partial charge is 0.507 e. The lowest BCUT2D eigenvalue weighted by Gasteiger charge is -2.39. The lowest BCUT2D eigenvalue weighted by Crippen LogP contribution is -2.51. The number of nitrogens with one attached hydrogen (secondary N) is 2. The lowest BCUT2D eigenvalue weighted by molar-refractivity contribution is 0.469. The summed E-state index contributed by atoms with van der Waals surface area (Å²) in [5.74, 6) is 0.512. The number of fused-ring (bicyclic) bond motifs is 3. The summed E-state index contributed by atoms with van der Waals surface area (Å²) in [5, 5.41) is 27.6. The van der Waals surface area contributed by atoms with E-state index in [0.717, 1.165) is 22.5 Å². The molecule has 0 saturated carbocycles. The van der Waals surface area contributed by atoms with Gasteiger partial charge in [-0.25, -0.2) is 0 Å². The number of phenols is 2. The van der Waals surface area contributed by atoms with Gasteiger partial charge in [0.2, 0.25) is 0 Å². The maximum absolute atomic E-state index is 10.2. The summed E-state index contributed by atoms with van der Waals surface area (Å²) in [6, 6.07) is 14.7. The summed E-state index contributed by atoms with van der Waals surface area (Å²) >= 11 is 0. The Labute approximate surface area is 163 Å². The second-order valence-electron chi connectivity index (χ2n) is 7.11. The third kappa shape index (κ3) is 2.70. The van der Waals surface area contributed by atoms with Crippen molar-refractivity contribution in [2.24, 2.45) is 0 Å². The van der Waals surface area contributed by atoms with E-state index >= 15 is 0 Å². The summed E-state index contributed by atoms with van der Waals surface area (Å²) in [5.41, 5.74) is 5.69. The van der Waals surface area contributed by atoms with Crippen LogP contribution in [0.5, 0.6) is 11.5 Å². The quantitative estimate of drug-likeness (QED) is 0.650. The van der Waals surface area contributed by atoms with Crippen molar-refractivity contribution in [1.29, 1.82) is 0 Å². The highest BCUT2D eigenvalue weighted by Gasteiger charge is 2.33. The van der Waals surface area contributed by atoms with Crippen molar-refractivity contribution in [1.82, 2.24) is 10.6 Å². The van der Waals surface area contributed by atoms with Crippen LogP contribution in [0.15, 0.2) is 96.1 Å². The Morgan fingerprint density at radius 2 is 1.00 bits per heavy atom. The molecule has 5 rings (SSSR count). The van der Waals surface area contributed by atoms with Gasteiger partial charge in [0.25, 0.3) is 0 Å². The first-order chi connectivity index (χ1) is 13.7. The highest BCUT2D eigenvalue weighted by atomic mass is 16.3. The molecule has 2 heterocycles. The molecule has 0 saturated heterocycles. The lowest BCUT2D eigenvalue weighted by atomic mass is 9.83. The molecule has 4 nitrogen and oxygen atoms in total. The number of dihydropyridines is 2. The fourth-order valence-corrected chi connectivity index (χ4v) is 3.96. The predicted molar refractivity (Wildman–Crippen MR) is 111 cm³/mol. The maximum Gasteiger partial charge on any atom is 0.124 e. The zero-order chi connectivity index (χ0) is 19.1. The number of benzene rings is 2. The second-order valence-corrected chi connectivity index (χ2v) is 7.11. The molecule has 2 atom stereocenters. The molecule has 0 spiro atoms. The summed E-state index contributed by atoms with van der Waals surface area (Å²) in [7, 11) is 0. The van der Waals surface area contributed by atoms with E-state index in [0.29, 0.717) is 0 Å². The Hall–Kier alpha value is -3.66. The molecule has 2 aliphatic heterocycles. The van der Waals surface area contributed by atoms with Crippen molar-refractivity contribution in [3.63, 3.8) is 0 Å². The normalized spacial score (nSPS) is 22.4. The number of aromatic hydroxyl groups is 2. The SMILES string of the molecule is Oc1ccccc1C1=CC=C2C=CC3=CC=C(c4ccccc4O)NC3C2N1. The topological polar surface area (TPSA) is 64.5 Å². The fourth-order valence-electron chi connectivity index (χ4n) is 3.96. The van der Waals surface area contributed by atoms with E-state index in [2.05, 4.69) is 34.9 Å². The van der Waals surface area contributed by atoms with Crippen molar-refractivity contribution in [3.8, 4) is 11.5 Å². The van der Waals surface area contributed by atoms with Gasteiger partial charge in [0.1, 0.15) is 11.5 Å². The molecule has 0 bridgehead atoms. The third-order valence-corrected chi connectivity index (χ3v) is 5.42. The molecule has 2 unspecified atom stereocenters. The molecular weight excluding hydrogens is 348 g/mol. The van der Waals surface area contributed by atoms with Gasteiger partial charge in [-0.2, -0.15) is 0 Å². The maximum atomic E-state index is 10.2. The van der Waals surface area contributed by atoms with E-state index < -0.39 is 0 Å². The average Bonchev–Trinajstić information content (AvgIpc) is 2.74. The molecule has 0 aromatic heterocycles. The van der Waals surface area contributed by atoms with Gasteiger partial charge in [-0.05, 0) is 47.6 Å². The van der Waals surface area contributed by atoms with Gasteiger partial charge in [-0.1, -0.05) is 48.6 Å². The Kier molecular flexibility index (Phi) is 3.83. The summed E-state index contributed by atoms with van der Waals surface area (Å²) in [6.45, 7) is 0. The number of rotatable bonds is 2. The molecule has 1 aliphatic carbocycles. The number of hydrogen-bond acceptors (Lipinski definition) is 4. The molecule has 138 valence electrons. The molecular formula is C24H20N2O2. The van der Waals surface area contributed by atoms with Crippen LogP contribution < -0.4 is 10.6 Å². The monoisotopic (exact) mass is 368 g/mol. The minimum atomic E-state index is 0.0189. The standard InChI is InChI=1S/C24H20N2O2/c27-21-7-3-1-5-17(21)19-13-11-15-9-10-16-12-14-20(26-24(16)23(15)25-19)18-6-2-4-8-22(18)28/h1-14,23-28H. The van der Waals surface area contributed by atoms with E-state index in [4.69, 9.17) is 0 Å². The first-order valence-electron chi connectivity index (χ1n) is 9.32. The number of hydrogen-bond donors (Lipinski definition) is 4. The first-order valence-corrected chi connectivity index (χ1v) is 9.32. The van der Waals surface area contributed by atoms with E-state index in [9.17, 15) is 10.2 Å². The molecule has 0 fully saturated rings. The van der Waals surface area contributed by atoms with E-state index in [-0.39, 0.29) is 23.6 Å². The van der Waals surface area contributed by atoms with E-state index in [1.165, 1.54) is 11.1 Å². The molecule has 3 aliphatic rings. The zero-order valence-corrected chi connectivity index (χ0v) is 15.1. The highest BCUT2D eigenvalue weighted by molar-refractivity contribution is 5.76. The Bertz CT molecular complexity index is 1020. The van der Waals surface area contributed by atoms with Gasteiger partial charge < -0.3 is 20.8 Å². The first kappa shape index (κ1) is 16.5. The van der Waals surface area contributed by atoms with Crippen molar-refractivity contribution in [2.45, 2.75) is 12.1 Å². The van der Waals surface area contributed by atoms with Gasteiger partial charge >= 0.3 is 0 Å². The van der Waals surface area contributed by atoms with Crippen LogP contribution in [0.2, 0.25) is 0 Å². The molecule has 2 aromatic carbocycles. The van der Waals surface area contributed by atoms with Gasteiger partial charge in [0, 0.05) is 22.5 Å². The molecule has 2 aromatic rings. The number of allylic oxidation sites excluding steroid dienone is 4. The van der Waals surface area contributed by atoms with Gasteiger partial charge in [-0.15, -0.1) is 0 Å². The molecule has 0 radical (unpaired) electrons. The van der Waals surface area contributed by atoms with Crippen LogP contribution in [0.1, 0.15) is 11.1 Å². The van der Waals surface area contributed by atoms with Crippen LogP contribution in [-0.4, -0.2) is 22.3 Å². The van der Waals surface area contributed by atoms with Crippen molar-refractivity contribution < 1.29 is 10.2 Å². The van der Waals surface area contributed by atoms with Gasteiger partial charge in [0.05, 0.1) is 12.1 Å². The van der Waals surface area contributed by atoms with Crippen LogP contribution in [0.25, 0.3) is 11.4 Å². The van der Waals surface area contributed by atoms with E-state index in [1.54, 1.807) is 12.1 Å². The summed E-state index contributed by atoms with van der Waals surface area (Å²) < 4.78 is 0. The van der Waals surface area contributed by atoms with Crippen molar-refractivity contribution in [2.75, 3.05) is 0 Å². The molecule has 4 N–H and O–H groups in total. The number of phenolic OH excluding ortho intramolecular Hbond substituents is 2. The Morgan fingerprint density at radius 1 is 0.571 bits per heavy atom. The Morgan fingerprint density at radius 3 is 1.43 bits per heavy atom. The van der Waals surface area contributed by atoms with Crippen LogP contribution in [0.4, 0.5) is 0 Å². The zero-order valence-electron chi connectivity index (χ0n) is 15.1. The second kappa shape index (κ2) is 6.50. The third-order valence-electron chi connectivity index (χ3n) is 5.42. The summed E-state index contributed by atoms with van der Waals surface area (Å²) in [4.78, 5) is 0. The van der Waals surface area contributed by atoms with Crippen LogP contribution in [0, 0.1) is 0 Å². The minimum Gasteiger partial charge on any atom is -0.507 e. The van der Waals surface area contributed by atoms with Crippen molar-refractivity contribution >= 4 is 11.4 Å². The molecule has 28 heavy (non-hydrogen) atoms. The molecule has 4 heteroatoms. The molecule has 0 amide bonds. The van der Waals surface area contributed by atoms with Gasteiger partial charge in [0.15, 0.2) is 0 Å².